The van der Waals surface area contributed by atoms with Crippen molar-refractivity contribution >= 4 is 11.5 Å². The van der Waals surface area contributed by atoms with E-state index < -0.39 is 0 Å². The molecule has 2 N–H and O–H groups in total. The molecule has 102 valence electrons. The lowest BCUT2D eigenvalue weighted by molar-refractivity contribution is 0.200. The topological polar surface area (TPSA) is 88.5 Å². The van der Waals surface area contributed by atoms with Gasteiger partial charge in [-0.15, -0.1) is 5.10 Å². The van der Waals surface area contributed by atoms with Gasteiger partial charge in [0.25, 0.3) is 0 Å². The molecular weight excluding hydrogens is 244 g/mol. The zero-order chi connectivity index (χ0) is 13.2. The van der Waals surface area contributed by atoms with E-state index in [0.29, 0.717) is 18.2 Å². The van der Waals surface area contributed by atoms with Crippen molar-refractivity contribution in [1.82, 2.24) is 29.9 Å². The maximum atomic E-state index is 5.71. The monoisotopic (exact) mass is 262 g/mol. The lowest BCUT2D eigenvalue weighted by Gasteiger charge is -2.38. The molecule has 0 radical (unpaired) electrons. The van der Waals surface area contributed by atoms with Gasteiger partial charge in [-0.2, -0.15) is 4.52 Å². The summed E-state index contributed by atoms with van der Waals surface area (Å²) >= 11 is 0. The molecule has 0 saturated carbocycles. The van der Waals surface area contributed by atoms with E-state index in [1.807, 2.05) is 6.20 Å². The first kappa shape index (κ1) is 12.2. The summed E-state index contributed by atoms with van der Waals surface area (Å²) in [6, 6.07) is 0.434. The lowest BCUT2D eigenvalue weighted by Crippen LogP contribution is -2.51. The maximum Gasteiger partial charge on any atom is 0.199 e. The highest BCUT2D eigenvalue weighted by Crippen LogP contribution is 2.16. The number of anilines is 1. The summed E-state index contributed by atoms with van der Waals surface area (Å²) in [5.41, 5.74) is 6.39. The van der Waals surface area contributed by atoms with E-state index in [1.54, 1.807) is 10.7 Å². The molecule has 1 saturated heterocycles. The van der Waals surface area contributed by atoms with Gasteiger partial charge in [-0.1, -0.05) is 0 Å². The second-order valence-electron chi connectivity index (χ2n) is 4.82. The standard InChI is InChI=1S/C11H18N8/c1-9(6-12)17-2-4-18(5-3-17)11-8-13-7-10-14-15-16-19(10)11/h7-9H,2-6,12H2,1H3. The highest BCUT2D eigenvalue weighted by molar-refractivity contribution is 5.46. The third kappa shape index (κ3) is 2.24. The highest BCUT2D eigenvalue weighted by atomic mass is 15.5. The van der Waals surface area contributed by atoms with Crippen LogP contribution in [0.15, 0.2) is 12.4 Å². The predicted octanol–water partition coefficient (Wildman–Crippen LogP) is -1.01. The van der Waals surface area contributed by atoms with E-state index >= 15 is 0 Å². The van der Waals surface area contributed by atoms with Gasteiger partial charge in [-0.05, 0) is 17.4 Å². The van der Waals surface area contributed by atoms with Crippen LogP contribution in [0.5, 0.6) is 0 Å². The molecule has 3 rings (SSSR count). The predicted molar refractivity (Wildman–Crippen MR) is 70.9 cm³/mol. The minimum absolute atomic E-state index is 0.434. The van der Waals surface area contributed by atoms with Crippen molar-refractivity contribution in [1.29, 1.82) is 0 Å². The summed E-state index contributed by atoms with van der Waals surface area (Å²) < 4.78 is 1.73. The summed E-state index contributed by atoms with van der Waals surface area (Å²) in [5, 5.41) is 11.6. The Bertz CT molecular complexity index is 544. The fraction of sp³-hybridized carbons (Fsp3) is 0.636. The van der Waals surface area contributed by atoms with Crippen molar-refractivity contribution < 1.29 is 0 Å². The molecule has 0 bridgehead atoms. The number of hydrogen-bond acceptors (Lipinski definition) is 7. The van der Waals surface area contributed by atoms with Gasteiger partial charge in [0.15, 0.2) is 11.5 Å². The number of tetrazole rings is 1. The zero-order valence-electron chi connectivity index (χ0n) is 11.0. The molecule has 1 fully saturated rings. The van der Waals surface area contributed by atoms with E-state index in [9.17, 15) is 0 Å². The van der Waals surface area contributed by atoms with Crippen LogP contribution < -0.4 is 10.6 Å². The minimum atomic E-state index is 0.434. The van der Waals surface area contributed by atoms with Gasteiger partial charge >= 0.3 is 0 Å². The quantitative estimate of drug-likeness (QED) is 0.758. The Kier molecular flexibility index (Phi) is 3.26. The van der Waals surface area contributed by atoms with Crippen LogP contribution in [-0.4, -0.2) is 68.7 Å². The van der Waals surface area contributed by atoms with E-state index in [4.69, 9.17) is 5.73 Å². The van der Waals surface area contributed by atoms with E-state index in [0.717, 1.165) is 32.0 Å². The number of fused-ring (bicyclic) bond motifs is 1. The van der Waals surface area contributed by atoms with Crippen molar-refractivity contribution in [3.05, 3.63) is 12.4 Å². The van der Waals surface area contributed by atoms with Crippen LogP contribution >= 0.6 is 0 Å². The van der Waals surface area contributed by atoms with E-state index in [1.165, 1.54) is 0 Å². The average molecular weight is 262 g/mol. The molecule has 8 nitrogen and oxygen atoms in total. The smallest absolute Gasteiger partial charge is 0.199 e. The first-order valence-corrected chi connectivity index (χ1v) is 6.51. The lowest BCUT2D eigenvalue weighted by atomic mass is 10.2. The SMILES string of the molecule is CC(CN)N1CCN(c2cncc3nnnn23)CC1. The Morgan fingerprint density at radius 1 is 1.26 bits per heavy atom. The van der Waals surface area contributed by atoms with Crippen LogP contribution in [0, 0.1) is 0 Å². The Labute approximate surface area is 111 Å². The molecule has 2 aromatic rings. The summed E-state index contributed by atoms with van der Waals surface area (Å²) in [4.78, 5) is 8.86. The first-order valence-electron chi connectivity index (χ1n) is 6.51. The fourth-order valence-corrected chi connectivity index (χ4v) is 2.42. The summed E-state index contributed by atoms with van der Waals surface area (Å²) in [7, 11) is 0. The third-order valence-electron chi connectivity index (χ3n) is 3.69. The summed E-state index contributed by atoms with van der Waals surface area (Å²) in [5.74, 6) is 0.947. The highest BCUT2D eigenvalue weighted by Gasteiger charge is 2.22. The van der Waals surface area contributed by atoms with Crippen LogP contribution in [0.2, 0.25) is 0 Å². The largest absolute Gasteiger partial charge is 0.353 e. The minimum Gasteiger partial charge on any atom is -0.353 e. The molecule has 8 heteroatoms. The van der Waals surface area contributed by atoms with Gasteiger partial charge < -0.3 is 10.6 Å². The summed E-state index contributed by atoms with van der Waals surface area (Å²) in [6.45, 7) is 6.73. The number of piperazine rings is 1. The molecule has 0 amide bonds. The van der Waals surface area contributed by atoms with Crippen LogP contribution in [0.25, 0.3) is 5.65 Å². The van der Waals surface area contributed by atoms with Crippen molar-refractivity contribution in [2.24, 2.45) is 5.73 Å². The number of rotatable bonds is 3. The molecule has 19 heavy (non-hydrogen) atoms. The zero-order valence-corrected chi connectivity index (χ0v) is 11.0. The third-order valence-corrected chi connectivity index (χ3v) is 3.69. The van der Waals surface area contributed by atoms with Gasteiger partial charge in [-0.3, -0.25) is 9.88 Å². The molecule has 0 aliphatic carbocycles. The Balaban J connectivity index is 1.76. The molecule has 0 aromatic carbocycles. The second-order valence-corrected chi connectivity index (χ2v) is 4.82. The Hall–Kier alpha value is -1.80. The van der Waals surface area contributed by atoms with Crippen molar-refractivity contribution in [3.63, 3.8) is 0 Å². The van der Waals surface area contributed by atoms with Gasteiger partial charge in [-0.25, -0.2) is 0 Å². The molecule has 1 unspecified atom stereocenters. The number of nitrogens with zero attached hydrogens (tertiary/aromatic N) is 7. The van der Waals surface area contributed by atoms with Crippen LogP contribution in [0.3, 0.4) is 0 Å². The van der Waals surface area contributed by atoms with Crippen LogP contribution in [0.4, 0.5) is 5.82 Å². The molecule has 1 atom stereocenters. The molecular formula is C11H18N8. The Morgan fingerprint density at radius 2 is 2.05 bits per heavy atom. The number of aromatic nitrogens is 5. The molecule has 1 aliphatic heterocycles. The van der Waals surface area contributed by atoms with Gasteiger partial charge in [0.1, 0.15) is 0 Å². The molecule has 2 aromatic heterocycles. The van der Waals surface area contributed by atoms with Crippen LogP contribution in [0.1, 0.15) is 6.92 Å². The van der Waals surface area contributed by atoms with E-state index in [-0.39, 0.29) is 0 Å². The average Bonchev–Trinajstić information content (AvgIpc) is 2.95. The summed E-state index contributed by atoms with van der Waals surface area (Å²) in [6.07, 6.45) is 3.47. The molecule has 3 heterocycles. The maximum absolute atomic E-state index is 5.71. The van der Waals surface area contributed by atoms with Gasteiger partial charge in [0.2, 0.25) is 0 Å². The normalized spacial score (nSPS) is 18.9. The van der Waals surface area contributed by atoms with Crippen LogP contribution in [-0.2, 0) is 0 Å². The first-order chi connectivity index (χ1) is 9.29. The fourth-order valence-electron chi connectivity index (χ4n) is 2.42. The van der Waals surface area contributed by atoms with E-state index in [2.05, 4.69) is 37.2 Å². The van der Waals surface area contributed by atoms with Gasteiger partial charge in [0.05, 0.1) is 12.4 Å². The van der Waals surface area contributed by atoms with Crippen molar-refractivity contribution in [3.8, 4) is 0 Å². The number of nitrogens with two attached hydrogens (primary N) is 1. The van der Waals surface area contributed by atoms with Crippen molar-refractivity contribution in [2.75, 3.05) is 37.6 Å². The number of hydrogen-bond donors (Lipinski definition) is 1. The molecule has 1 aliphatic rings. The Morgan fingerprint density at radius 3 is 2.79 bits per heavy atom. The molecule has 0 spiro atoms. The second kappa shape index (κ2) is 5.06. The van der Waals surface area contributed by atoms with Gasteiger partial charge in [0, 0.05) is 38.8 Å². The van der Waals surface area contributed by atoms with Crippen molar-refractivity contribution in [2.45, 2.75) is 13.0 Å².